The monoisotopic (exact) mass is 361 g/mol. The van der Waals surface area contributed by atoms with Crippen LogP contribution >= 0.6 is 0 Å². The third-order valence-corrected chi connectivity index (χ3v) is 5.00. The van der Waals surface area contributed by atoms with Gasteiger partial charge in [-0.05, 0) is 48.9 Å². The van der Waals surface area contributed by atoms with Crippen LogP contribution in [0.2, 0.25) is 0 Å². The smallest absolute Gasteiger partial charge is 0.220 e. The van der Waals surface area contributed by atoms with E-state index >= 15 is 0 Å². The normalized spacial score (nSPS) is 20.3. The van der Waals surface area contributed by atoms with Gasteiger partial charge in [0.15, 0.2) is 11.6 Å². The van der Waals surface area contributed by atoms with E-state index in [4.69, 9.17) is 4.74 Å². The Balaban J connectivity index is 1.69. The number of carbonyl (C=O) groups excluding carboxylic acids is 1. The Morgan fingerprint density at radius 1 is 1.46 bits per heavy atom. The average Bonchev–Trinajstić information content (AvgIpc) is 3.00. The van der Waals surface area contributed by atoms with Crippen LogP contribution in [-0.2, 0) is 18.3 Å². The summed E-state index contributed by atoms with van der Waals surface area (Å²) in [5.74, 6) is -0.296. The van der Waals surface area contributed by atoms with Crippen LogP contribution in [0.25, 0.3) is 0 Å². The largest absolute Gasteiger partial charge is 0.494 e. The minimum atomic E-state index is -0.459. The molecule has 7 heteroatoms. The number of aliphatic hydroxyl groups excluding tert-OH is 1. The highest BCUT2D eigenvalue weighted by Gasteiger charge is 2.36. The number of carbonyl (C=O) groups is 1. The summed E-state index contributed by atoms with van der Waals surface area (Å²) in [6.07, 6.45) is 3.45. The van der Waals surface area contributed by atoms with Crippen LogP contribution in [0.3, 0.4) is 0 Å². The number of benzene rings is 1. The lowest BCUT2D eigenvalue weighted by molar-refractivity contribution is -0.123. The first-order valence-electron chi connectivity index (χ1n) is 8.75. The molecule has 3 rings (SSSR count). The third kappa shape index (κ3) is 4.04. The van der Waals surface area contributed by atoms with Gasteiger partial charge in [-0.25, -0.2) is 4.39 Å². The van der Waals surface area contributed by atoms with E-state index in [0.717, 1.165) is 5.69 Å². The van der Waals surface area contributed by atoms with Gasteiger partial charge in [-0.15, -0.1) is 0 Å². The number of hydrogen-bond donors (Lipinski definition) is 2. The van der Waals surface area contributed by atoms with Gasteiger partial charge in [0.1, 0.15) is 0 Å². The van der Waals surface area contributed by atoms with Crippen LogP contribution in [0.15, 0.2) is 30.5 Å². The topological polar surface area (TPSA) is 76.4 Å². The average molecular weight is 361 g/mol. The third-order valence-electron chi connectivity index (χ3n) is 5.00. The lowest BCUT2D eigenvalue weighted by Gasteiger charge is -2.38. The molecule has 2 aromatic rings. The number of aryl methyl sites for hydroxylation is 2. The summed E-state index contributed by atoms with van der Waals surface area (Å²) in [4.78, 5) is 12.4. The molecule has 1 aromatic carbocycles. The SMILES string of the molecule is COc1ccc([C@H](NC(=O)CCc2ccnn2C)C2CC(O)C2)cc1F. The first-order valence-corrected chi connectivity index (χ1v) is 8.75. The number of hydrogen-bond acceptors (Lipinski definition) is 4. The molecule has 0 radical (unpaired) electrons. The number of amides is 1. The molecule has 26 heavy (non-hydrogen) atoms. The van der Waals surface area contributed by atoms with E-state index in [0.29, 0.717) is 31.2 Å². The van der Waals surface area contributed by atoms with Crippen LogP contribution in [0.4, 0.5) is 4.39 Å². The van der Waals surface area contributed by atoms with E-state index in [9.17, 15) is 14.3 Å². The van der Waals surface area contributed by atoms with Gasteiger partial charge in [0.05, 0.1) is 19.3 Å². The first-order chi connectivity index (χ1) is 12.5. The fourth-order valence-corrected chi connectivity index (χ4v) is 3.39. The van der Waals surface area contributed by atoms with Gasteiger partial charge < -0.3 is 15.2 Å². The van der Waals surface area contributed by atoms with E-state index in [-0.39, 0.29) is 29.7 Å². The summed E-state index contributed by atoms with van der Waals surface area (Å²) in [7, 11) is 3.25. The molecule has 1 heterocycles. The summed E-state index contributed by atoms with van der Waals surface area (Å²) in [5, 5.41) is 16.7. The summed E-state index contributed by atoms with van der Waals surface area (Å²) in [5.41, 5.74) is 1.67. The molecule has 1 aliphatic carbocycles. The molecule has 0 aliphatic heterocycles. The van der Waals surface area contributed by atoms with E-state index in [2.05, 4.69) is 10.4 Å². The van der Waals surface area contributed by atoms with E-state index in [1.807, 2.05) is 13.1 Å². The standard InChI is InChI=1S/C19H24FN3O3/c1-23-14(7-8-21-23)4-6-18(25)22-19(13-9-15(24)10-13)12-3-5-17(26-2)16(20)11-12/h3,5,7-8,11,13,15,19,24H,4,6,9-10H2,1-2H3,(H,22,25)/t13?,15?,19-/m0/s1. The molecular weight excluding hydrogens is 337 g/mol. The summed E-state index contributed by atoms with van der Waals surface area (Å²) in [6, 6.07) is 6.28. The molecule has 6 nitrogen and oxygen atoms in total. The molecule has 1 atom stereocenters. The van der Waals surface area contributed by atoms with Gasteiger partial charge >= 0.3 is 0 Å². The van der Waals surface area contributed by atoms with Crippen molar-refractivity contribution >= 4 is 5.91 Å². The number of aliphatic hydroxyl groups is 1. The molecule has 0 bridgehead atoms. The van der Waals surface area contributed by atoms with Crippen molar-refractivity contribution in [3.05, 3.63) is 47.5 Å². The minimum absolute atomic E-state index is 0.0958. The number of methoxy groups -OCH3 is 1. The Kier molecular flexibility index (Phi) is 5.56. The van der Waals surface area contributed by atoms with Crippen molar-refractivity contribution in [3.8, 4) is 5.75 Å². The zero-order valence-electron chi connectivity index (χ0n) is 15.0. The number of nitrogens with zero attached hydrogens (tertiary/aromatic N) is 2. The number of nitrogens with one attached hydrogen (secondary N) is 1. The van der Waals surface area contributed by atoms with Crippen molar-refractivity contribution in [2.75, 3.05) is 7.11 Å². The highest BCUT2D eigenvalue weighted by atomic mass is 19.1. The summed E-state index contributed by atoms with van der Waals surface area (Å²) < 4.78 is 20.8. The Morgan fingerprint density at radius 2 is 2.23 bits per heavy atom. The van der Waals surface area contributed by atoms with Crippen LogP contribution in [0.1, 0.15) is 36.6 Å². The van der Waals surface area contributed by atoms with E-state index in [1.165, 1.54) is 13.2 Å². The molecule has 140 valence electrons. The maximum Gasteiger partial charge on any atom is 0.220 e. The number of halogens is 1. The van der Waals surface area contributed by atoms with Crippen LogP contribution in [0, 0.1) is 11.7 Å². The van der Waals surface area contributed by atoms with Crippen LogP contribution in [0.5, 0.6) is 5.75 Å². The Labute approximate surface area is 152 Å². The van der Waals surface area contributed by atoms with Crippen LogP contribution < -0.4 is 10.1 Å². The molecule has 2 N–H and O–H groups in total. The lowest BCUT2D eigenvalue weighted by atomic mass is 9.75. The van der Waals surface area contributed by atoms with Gasteiger partial charge in [-0.3, -0.25) is 9.48 Å². The zero-order chi connectivity index (χ0) is 18.7. The molecular formula is C19H24FN3O3. The van der Waals surface area contributed by atoms with Gasteiger partial charge in [-0.2, -0.15) is 5.10 Å². The second-order valence-corrected chi connectivity index (χ2v) is 6.77. The molecule has 1 fully saturated rings. The number of ether oxygens (including phenoxy) is 1. The molecule has 0 saturated heterocycles. The highest BCUT2D eigenvalue weighted by molar-refractivity contribution is 5.76. The maximum atomic E-state index is 14.1. The second-order valence-electron chi connectivity index (χ2n) is 6.77. The van der Waals surface area contributed by atoms with Crippen LogP contribution in [-0.4, -0.2) is 34.0 Å². The quantitative estimate of drug-likeness (QED) is 0.792. The highest BCUT2D eigenvalue weighted by Crippen LogP contribution is 2.39. The molecule has 1 saturated carbocycles. The maximum absolute atomic E-state index is 14.1. The van der Waals surface area contributed by atoms with E-state index in [1.54, 1.807) is 23.0 Å². The fraction of sp³-hybridized carbons (Fsp3) is 0.474. The molecule has 0 spiro atoms. The fourth-order valence-electron chi connectivity index (χ4n) is 3.39. The Bertz CT molecular complexity index is 771. The summed E-state index contributed by atoms with van der Waals surface area (Å²) in [6.45, 7) is 0. The minimum Gasteiger partial charge on any atom is -0.494 e. The lowest BCUT2D eigenvalue weighted by Crippen LogP contribution is -2.41. The van der Waals surface area contributed by atoms with Gasteiger partial charge in [0.25, 0.3) is 0 Å². The second kappa shape index (κ2) is 7.86. The zero-order valence-corrected chi connectivity index (χ0v) is 15.0. The summed E-state index contributed by atoms with van der Waals surface area (Å²) >= 11 is 0. The van der Waals surface area contributed by atoms with Gasteiger partial charge in [0, 0.05) is 25.4 Å². The van der Waals surface area contributed by atoms with Gasteiger partial charge in [-0.1, -0.05) is 6.07 Å². The predicted molar refractivity (Wildman–Crippen MR) is 94.1 cm³/mol. The van der Waals surface area contributed by atoms with E-state index < -0.39 is 5.82 Å². The predicted octanol–water partition coefficient (Wildman–Crippen LogP) is 2.13. The van der Waals surface area contributed by atoms with Crippen molar-refractivity contribution in [2.45, 2.75) is 37.8 Å². The van der Waals surface area contributed by atoms with Crippen molar-refractivity contribution in [1.29, 1.82) is 0 Å². The van der Waals surface area contributed by atoms with Crippen molar-refractivity contribution in [2.24, 2.45) is 13.0 Å². The van der Waals surface area contributed by atoms with Crippen molar-refractivity contribution in [1.82, 2.24) is 15.1 Å². The molecule has 1 aromatic heterocycles. The molecule has 1 amide bonds. The van der Waals surface area contributed by atoms with Crippen molar-refractivity contribution < 1.29 is 19.0 Å². The molecule has 0 unspecified atom stereocenters. The molecule has 1 aliphatic rings. The number of rotatable bonds is 7. The first kappa shape index (κ1) is 18.4. The Morgan fingerprint density at radius 3 is 2.81 bits per heavy atom. The number of aromatic nitrogens is 2. The van der Waals surface area contributed by atoms with Crippen molar-refractivity contribution in [3.63, 3.8) is 0 Å². The van der Waals surface area contributed by atoms with Gasteiger partial charge in [0.2, 0.25) is 5.91 Å². The Hall–Kier alpha value is -2.41.